The molecule has 0 spiro atoms. The second-order valence-electron chi connectivity index (χ2n) is 4.19. The van der Waals surface area contributed by atoms with Crippen molar-refractivity contribution in [2.24, 2.45) is 5.92 Å². The molecular weight excluding hydrogens is 240 g/mol. The average molecular weight is 256 g/mol. The van der Waals surface area contributed by atoms with Gasteiger partial charge in [0.05, 0.1) is 4.92 Å². The van der Waals surface area contributed by atoms with Crippen molar-refractivity contribution in [2.75, 3.05) is 25.0 Å². The van der Waals surface area contributed by atoms with Crippen molar-refractivity contribution >= 4 is 21.5 Å². The summed E-state index contributed by atoms with van der Waals surface area (Å²) in [7, 11) is 0. The van der Waals surface area contributed by atoms with Gasteiger partial charge < -0.3 is 10.6 Å². The molecule has 94 valence electrons. The minimum absolute atomic E-state index is 0.0897. The van der Waals surface area contributed by atoms with Crippen molar-refractivity contribution in [3.05, 3.63) is 16.3 Å². The molecular formula is C10H16N4O2S. The van der Waals surface area contributed by atoms with Gasteiger partial charge in [0.25, 0.3) is 0 Å². The van der Waals surface area contributed by atoms with Gasteiger partial charge in [0.15, 0.2) is 5.13 Å². The van der Waals surface area contributed by atoms with Gasteiger partial charge in [0, 0.05) is 6.54 Å². The molecule has 17 heavy (non-hydrogen) atoms. The lowest BCUT2D eigenvalue weighted by Gasteiger charge is -2.22. The van der Waals surface area contributed by atoms with Gasteiger partial charge >= 0.3 is 5.00 Å². The number of aromatic nitrogens is 1. The van der Waals surface area contributed by atoms with Crippen LogP contribution in [-0.4, -0.2) is 29.5 Å². The molecule has 2 rings (SSSR count). The van der Waals surface area contributed by atoms with E-state index < -0.39 is 4.92 Å². The first-order valence-electron chi connectivity index (χ1n) is 5.80. The summed E-state index contributed by atoms with van der Waals surface area (Å²) >= 11 is 1.09. The molecule has 1 atom stereocenters. The number of nitro groups is 1. The summed E-state index contributed by atoms with van der Waals surface area (Å²) in [5, 5.41) is 17.7. The van der Waals surface area contributed by atoms with E-state index in [0.717, 1.165) is 37.4 Å². The van der Waals surface area contributed by atoms with Gasteiger partial charge in [0.1, 0.15) is 6.20 Å². The molecule has 1 fully saturated rings. The molecule has 0 bridgehead atoms. The van der Waals surface area contributed by atoms with Crippen LogP contribution in [0.15, 0.2) is 6.20 Å². The third-order valence-corrected chi connectivity index (χ3v) is 3.81. The second-order valence-corrected chi connectivity index (χ2v) is 5.20. The lowest BCUT2D eigenvalue weighted by atomic mass is 9.96. The Kier molecular flexibility index (Phi) is 4.27. The fourth-order valence-corrected chi connectivity index (χ4v) is 2.64. The van der Waals surface area contributed by atoms with Gasteiger partial charge in [-0.1, -0.05) is 0 Å². The Balaban J connectivity index is 1.71. The van der Waals surface area contributed by atoms with Crippen molar-refractivity contribution in [3.63, 3.8) is 0 Å². The molecule has 0 aromatic carbocycles. The molecule has 1 unspecified atom stereocenters. The van der Waals surface area contributed by atoms with Crippen LogP contribution in [0.4, 0.5) is 10.1 Å². The highest BCUT2D eigenvalue weighted by Gasteiger charge is 2.14. The van der Waals surface area contributed by atoms with Gasteiger partial charge in [-0.15, -0.1) is 0 Å². The number of thiazole rings is 1. The van der Waals surface area contributed by atoms with E-state index in [1.165, 1.54) is 19.0 Å². The Labute approximate surface area is 104 Å². The predicted octanol–water partition coefficient (Wildman–Crippen LogP) is 1.85. The van der Waals surface area contributed by atoms with Crippen molar-refractivity contribution < 1.29 is 4.92 Å². The highest BCUT2D eigenvalue weighted by molar-refractivity contribution is 7.18. The van der Waals surface area contributed by atoms with Gasteiger partial charge in [-0.3, -0.25) is 10.1 Å². The van der Waals surface area contributed by atoms with Gasteiger partial charge in [-0.05, 0) is 49.6 Å². The summed E-state index contributed by atoms with van der Waals surface area (Å²) in [4.78, 5) is 14.0. The maximum Gasteiger partial charge on any atom is 0.345 e. The third kappa shape index (κ3) is 3.64. The number of anilines is 1. The summed E-state index contributed by atoms with van der Waals surface area (Å²) in [5.41, 5.74) is 0. The fourth-order valence-electron chi connectivity index (χ4n) is 1.99. The topological polar surface area (TPSA) is 80.1 Å². The van der Waals surface area contributed by atoms with Crippen molar-refractivity contribution in [1.29, 1.82) is 0 Å². The molecule has 7 heteroatoms. The van der Waals surface area contributed by atoms with Crippen LogP contribution < -0.4 is 10.6 Å². The molecule has 0 amide bonds. The molecule has 1 aromatic heterocycles. The molecule has 0 saturated carbocycles. The minimum Gasteiger partial charge on any atom is -0.361 e. The quantitative estimate of drug-likeness (QED) is 0.621. The van der Waals surface area contributed by atoms with E-state index in [1.807, 2.05) is 0 Å². The van der Waals surface area contributed by atoms with E-state index in [9.17, 15) is 10.1 Å². The zero-order chi connectivity index (χ0) is 12.1. The normalized spacial score (nSPS) is 20.1. The largest absolute Gasteiger partial charge is 0.361 e. The Bertz CT molecular complexity index is 376. The maximum atomic E-state index is 10.5. The van der Waals surface area contributed by atoms with Crippen molar-refractivity contribution in [2.45, 2.75) is 19.3 Å². The van der Waals surface area contributed by atoms with Crippen molar-refractivity contribution in [3.8, 4) is 0 Å². The Morgan fingerprint density at radius 1 is 1.71 bits per heavy atom. The van der Waals surface area contributed by atoms with Gasteiger partial charge in [-0.25, -0.2) is 4.98 Å². The molecule has 1 saturated heterocycles. The molecule has 0 aliphatic carbocycles. The molecule has 0 radical (unpaired) electrons. The summed E-state index contributed by atoms with van der Waals surface area (Å²) in [5.74, 6) is 0.714. The van der Waals surface area contributed by atoms with Crippen LogP contribution in [0.25, 0.3) is 0 Å². The van der Waals surface area contributed by atoms with E-state index in [1.54, 1.807) is 0 Å². The van der Waals surface area contributed by atoms with E-state index >= 15 is 0 Å². The van der Waals surface area contributed by atoms with Crippen LogP contribution in [0.2, 0.25) is 0 Å². The first kappa shape index (κ1) is 12.3. The minimum atomic E-state index is -0.409. The Morgan fingerprint density at radius 2 is 2.59 bits per heavy atom. The first-order valence-corrected chi connectivity index (χ1v) is 6.62. The average Bonchev–Trinajstić information content (AvgIpc) is 2.79. The number of nitrogens with one attached hydrogen (secondary N) is 2. The van der Waals surface area contributed by atoms with Crippen LogP contribution in [-0.2, 0) is 0 Å². The zero-order valence-corrected chi connectivity index (χ0v) is 10.3. The standard InChI is InChI=1S/C10H16N4O2S/c15-14(16)9-7-13-10(17-9)12-5-3-8-2-1-4-11-6-8/h7-8,11H,1-6H2,(H,12,13). The van der Waals surface area contributed by atoms with E-state index in [0.29, 0.717) is 11.0 Å². The number of hydrogen-bond acceptors (Lipinski definition) is 6. The third-order valence-electron chi connectivity index (χ3n) is 2.90. The van der Waals surface area contributed by atoms with Crippen molar-refractivity contribution in [1.82, 2.24) is 10.3 Å². The summed E-state index contributed by atoms with van der Waals surface area (Å²) in [6, 6.07) is 0. The highest BCUT2D eigenvalue weighted by Crippen LogP contribution is 2.25. The van der Waals surface area contributed by atoms with Crippen LogP contribution in [0, 0.1) is 16.0 Å². The maximum absolute atomic E-state index is 10.5. The van der Waals surface area contributed by atoms with E-state index in [2.05, 4.69) is 15.6 Å². The first-order chi connectivity index (χ1) is 8.25. The lowest BCUT2D eigenvalue weighted by molar-refractivity contribution is -0.380. The van der Waals surface area contributed by atoms with Crippen LogP contribution in [0.5, 0.6) is 0 Å². The Morgan fingerprint density at radius 3 is 3.24 bits per heavy atom. The predicted molar refractivity (Wildman–Crippen MR) is 67.5 cm³/mol. The molecule has 2 heterocycles. The SMILES string of the molecule is O=[N+]([O-])c1cnc(NCCC2CCCNC2)s1. The van der Waals surface area contributed by atoms with Gasteiger partial charge in [-0.2, -0.15) is 0 Å². The number of piperidine rings is 1. The molecule has 1 aromatic rings. The molecule has 6 nitrogen and oxygen atoms in total. The monoisotopic (exact) mass is 256 g/mol. The van der Waals surface area contributed by atoms with Crippen LogP contribution in [0.1, 0.15) is 19.3 Å². The fraction of sp³-hybridized carbons (Fsp3) is 0.700. The lowest BCUT2D eigenvalue weighted by Crippen LogP contribution is -2.30. The molecule has 1 aliphatic heterocycles. The summed E-state index contributed by atoms with van der Waals surface area (Å²) in [6.07, 6.45) is 4.90. The van der Waals surface area contributed by atoms with E-state index in [-0.39, 0.29) is 5.00 Å². The number of rotatable bonds is 5. The number of nitrogens with zero attached hydrogens (tertiary/aromatic N) is 2. The smallest absolute Gasteiger partial charge is 0.345 e. The molecule has 2 N–H and O–H groups in total. The zero-order valence-electron chi connectivity index (χ0n) is 9.52. The second kappa shape index (κ2) is 5.92. The summed E-state index contributed by atoms with van der Waals surface area (Å²) in [6.45, 7) is 3.04. The van der Waals surface area contributed by atoms with E-state index in [4.69, 9.17) is 0 Å². The van der Waals surface area contributed by atoms with Crippen LogP contribution >= 0.6 is 11.3 Å². The molecule has 1 aliphatic rings. The Hall–Kier alpha value is -1.21. The highest BCUT2D eigenvalue weighted by atomic mass is 32.1. The van der Waals surface area contributed by atoms with Crippen LogP contribution in [0.3, 0.4) is 0 Å². The number of hydrogen-bond donors (Lipinski definition) is 2. The summed E-state index contributed by atoms with van der Waals surface area (Å²) < 4.78 is 0. The van der Waals surface area contributed by atoms with Gasteiger partial charge in [0.2, 0.25) is 0 Å².